The van der Waals surface area contributed by atoms with E-state index in [4.69, 9.17) is 15.9 Å². The van der Waals surface area contributed by atoms with E-state index in [0.717, 1.165) is 0 Å². The summed E-state index contributed by atoms with van der Waals surface area (Å²) in [5, 5.41) is 24.7. The molecule has 96 valence electrons. The van der Waals surface area contributed by atoms with Crippen LogP contribution in [0.25, 0.3) is 0 Å². The first kappa shape index (κ1) is 13.4. The van der Waals surface area contributed by atoms with E-state index in [2.05, 4.69) is 15.4 Å². The third-order valence-corrected chi connectivity index (χ3v) is 2.55. The highest BCUT2D eigenvalue weighted by atomic mass is 16.3. The number of nitrogens with zero attached hydrogens (tertiary/aromatic N) is 3. The summed E-state index contributed by atoms with van der Waals surface area (Å²) in [4.78, 5) is 15.3. The van der Waals surface area contributed by atoms with Crippen molar-refractivity contribution < 1.29 is 15.0 Å². The number of nitrogens with one attached hydrogen (secondary N) is 1. The van der Waals surface area contributed by atoms with Crippen LogP contribution in [0.15, 0.2) is 6.33 Å². The monoisotopic (exact) mass is 243 g/mol. The van der Waals surface area contributed by atoms with Crippen LogP contribution in [0.1, 0.15) is 13.3 Å². The molecule has 0 saturated heterocycles. The number of hydrogen-bond donors (Lipinski definition) is 4. The largest absolute Gasteiger partial charge is 0.394 e. The quantitative estimate of drug-likeness (QED) is 0.463. The minimum atomic E-state index is -0.997. The summed E-state index contributed by atoms with van der Waals surface area (Å²) in [5.41, 5.74) is 4.31. The smallest absolute Gasteiger partial charge is 0.242 e. The van der Waals surface area contributed by atoms with Gasteiger partial charge in [-0.3, -0.25) is 4.79 Å². The number of hydrogen-bond acceptors (Lipinski definition) is 6. The van der Waals surface area contributed by atoms with Gasteiger partial charge in [0.15, 0.2) is 0 Å². The number of amides is 1. The van der Waals surface area contributed by atoms with E-state index < -0.39 is 5.54 Å². The number of nitrogens with two attached hydrogens (primary N) is 1. The predicted octanol–water partition coefficient (Wildman–Crippen LogP) is -1.89. The van der Waals surface area contributed by atoms with Crippen LogP contribution in [0.2, 0.25) is 0 Å². The second-order valence-electron chi connectivity index (χ2n) is 3.80. The number of carbonyl (C=O) groups is 1. The van der Waals surface area contributed by atoms with Crippen molar-refractivity contribution in [2.75, 3.05) is 18.9 Å². The topological polar surface area (TPSA) is 126 Å². The SMILES string of the molecule is CCC(CO)(CO)NC(=O)Cn1cnc(N)n1. The van der Waals surface area contributed by atoms with Crippen LogP contribution in [0.5, 0.6) is 0 Å². The van der Waals surface area contributed by atoms with E-state index in [-0.39, 0.29) is 31.6 Å². The van der Waals surface area contributed by atoms with Gasteiger partial charge >= 0.3 is 0 Å². The van der Waals surface area contributed by atoms with E-state index >= 15 is 0 Å². The van der Waals surface area contributed by atoms with Crippen molar-refractivity contribution in [3.8, 4) is 0 Å². The predicted molar refractivity (Wildman–Crippen MR) is 59.8 cm³/mol. The number of rotatable bonds is 6. The van der Waals surface area contributed by atoms with E-state index in [1.54, 1.807) is 6.92 Å². The Hall–Kier alpha value is -1.67. The molecular formula is C9H17N5O3. The Morgan fingerprint density at radius 3 is 2.65 bits per heavy atom. The van der Waals surface area contributed by atoms with Crippen LogP contribution in [-0.4, -0.2) is 49.6 Å². The fourth-order valence-electron chi connectivity index (χ4n) is 1.31. The molecule has 1 heterocycles. The van der Waals surface area contributed by atoms with E-state index in [0.29, 0.717) is 6.42 Å². The van der Waals surface area contributed by atoms with Crippen molar-refractivity contribution in [3.63, 3.8) is 0 Å². The van der Waals surface area contributed by atoms with Crippen molar-refractivity contribution in [3.05, 3.63) is 6.33 Å². The van der Waals surface area contributed by atoms with Gasteiger partial charge in [-0.05, 0) is 6.42 Å². The molecule has 1 aromatic rings. The number of aromatic nitrogens is 3. The average Bonchev–Trinajstić information content (AvgIpc) is 2.72. The van der Waals surface area contributed by atoms with Gasteiger partial charge in [0.1, 0.15) is 12.9 Å². The van der Waals surface area contributed by atoms with E-state index in [1.807, 2.05) is 0 Å². The highest BCUT2D eigenvalue weighted by Crippen LogP contribution is 2.08. The second-order valence-corrected chi connectivity index (χ2v) is 3.80. The van der Waals surface area contributed by atoms with Crippen molar-refractivity contribution >= 4 is 11.9 Å². The van der Waals surface area contributed by atoms with Gasteiger partial charge in [0.2, 0.25) is 11.9 Å². The maximum Gasteiger partial charge on any atom is 0.242 e. The average molecular weight is 243 g/mol. The molecule has 0 radical (unpaired) electrons. The number of aliphatic hydroxyl groups is 2. The zero-order valence-corrected chi connectivity index (χ0v) is 9.63. The molecule has 1 amide bonds. The Kier molecular flexibility index (Phi) is 4.41. The van der Waals surface area contributed by atoms with Crippen LogP contribution in [0.3, 0.4) is 0 Å². The zero-order chi connectivity index (χ0) is 12.9. The Bertz CT molecular complexity index is 366. The van der Waals surface area contributed by atoms with Crippen molar-refractivity contribution in [1.82, 2.24) is 20.1 Å². The molecule has 0 saturated carbocycles. The molecule has 0 aromatic carbocycles. The highest BCUT2D eigenvalue weighted by Gasteiger charge is 2.28. The molecule has 17 heavy (non-hydrogen) atoms. The van der Waals surface area contributed by atoms with Gasteiger partial charge in [0.05, 0.1) is 18.8 Å². The lowest BCUT2D eigenvalue weighted by Crippen LogP contribution is -2.54. The Balaban J connectivity index is 2.59. The third-order valence-electron chi connectivity index (χ3n) is 2.55. The number of carbonyl (C=O) groups excluding carboxylic acids is 1. The van der Waals surface area contributed by atoms with E-state index in [1.165, 1.54) is 11.0 Å². The molecule has 0 aliphatic heterocycles. The first-order valence-corrected chi connectivity index (χ1v) is 5.23. The molecule has 0 spiro atoms. The van der Waals surface area contributed by atoms with Crippen molar-refractivity contribution in [2.24, 2.45) is 0 Å². The Morgan fingerprint density at radius 2 is 2.24 bits per heavy atom. The minimum absolute atomic E-state index is 0.0635. The van der Waals surface area contributed by atoms with E-state index in [9.17, 15) is 4.79 Å². The molecule has 1 aromatic heterocycles. The molecule has 8 nitrogen and oxygen atoms in total. The van der Waals surface area contributed by atoms with Gasteiger partial charge in [0.25, 0.3) is 0 Å². The van der Waals surface area contributed by atoms with Gasteiger partial charge in [-0.1, -0.05) is 6.92 Å². The standard InChI is InChI=1S/C9H17N5O3/c1-2-9(4-15,5-16)12-7(17)3-14-6-11-8(10)13-14/h6,15-16H,2-5H2,1H3,(H2,10,13)(H,12,17). The van der Waals surface area contributed by atoms with Crippen LogP contribution in [0, 0.1) is 0 Å². The summed E-state index contributed by atoms with van der Waals surface area (Å²) in [6.07, 6.45) is 1.76. The lowest BCUT2D eigenvalue weighted by Gasteiger charge is -2.29. The number of anilines is 1. The molecule has 0 aliphatic rings. The van der Waals surface area contributed by atoms with Gasteiger partial charge in [-0.25, -0.2) is 9.67 Å². The Morgan fingerprint density at radius 1 is 1.59 bits per heavy atom. The second kappa shape index (κ2) is 5.60. The molecule has 0 unspecified atom stereocenters. The van der Waals surface area contributed by atoms with Gasteiger partial charge < -0.3 is 21.3 Å². The summed E-state index contributed by atoms with van der Waals surface area (Å²) in [5.74, 6) is -0.288. The zero-order valence-electron chi connectivity index (χ0n) is 9.63. The molecular weight excluding hydrogens is 226 g/mol. The maximum atomic E-state index is 11.7. The van der Waals surface area contributed by atoms with Crippen LogP contribution < -0.4 is 11.1 Å². The first-order valence-electron chi connectivity index (χ1n) is 5.23. The summed E-state index contributed by atoms with van der Waals surface area (Å²) in [6.45, 7) is 1.04. The van der Waals surface area contributed by atoms with Crippen LogP contribution in [0.4, 0.5) is 5.95 Å². The molecule has 0 atom stereocenters. The molecule has 1 rings (SSSR count). The van der Waals surface area contributed by atoms with Gasteiger partial charge in [-0.2, -0.15) is 0 Å². The summed E-state index contributed by atoms with van der Waals surface area (Å²) < 4.78 is 1.28. The lowest BCUT2D eigenvalue weighted by atomic mass is 9.98. The maximum absolute atomic E-state index is 11.7. The molecule has 0 fully saturated rings. The molecule has 0 aliphatic carbocycles. The normalized spacial score (nSPS) is 11.5. The number of nitrogen functional groups attached to an aromatic ring is 1. The fraction of sp³-hybridized carbons (Fsp3) is 0.667. The van der Waals surface area contributed by atoms with Crippen LogP contribution in [-0.2, 0) is 11.3 Å². The first-order chi connectivity index (χ1) is 8.05. The third kappa shape index (κ3) is 3.40. The lowest BCUT2D eigenvalue weighted by molar-refractivity contribution is -0.125. The fourth-order valence-corrected chi connectivity index (χ4v) is 1.31. The summed E-state index contributed by atoms with van der Waals surface area (Å²) in [7, 11) is 0. The summed E-state index contributed by atoms with van der Waals surface area (Å²) in [6, 6.07) is 0. The molecule has 0 bridgehead atoms. The van der Waals surface area contributed by atoms with Gasteiger partial charge in [-0.15, -0.1) is 5.10 Å². The highest BCUT2D eigenvalue weighted by molar-refractivity contribution is 5.76. The Labute approximate surface area is 98.5 Å². The molecule has 5 N–H and O–H groups in total. The minimum Gasteiger partial charge on any atom is -0.394 e. The number of aliphatic hydroxyl groups excluding tert-OH is 2. The van der Waals surface area contributed by atoms with Gasteiger partial charge in [0, 0.05) is 0 Å². The summed E-state index contributed by atoms with van der Waals surface area (Å²) >= 11 is 0. The van der Waals surface area contributed by atoms with Crippen molar-refractivity contribution in [1.29, 1.82) is 0 Å². The van der Waals surface area contributed by atoms with Crippen molar-refractivity contribution in [2.45, 2.75) is 25.4 Å². The van der Waals surface area contributed by atoms with Crippen LogP contribution >= 0.6 is 0 Å². The molecule has 8 heteroatoms.